The molecule has 23 nitrogen and oxygen atoms in total. The van der Waals surface area contributed by atoms with Crippen LogP contribution in [0.2, 0.25) is 0 Å². The number of methoxy groups -OCH3 is 2. The molecule has 1 saturated carbocycles. The first-order chi connectivity index (χ1) is 29.8. The number of aliphatic hydroxyl groups is 9. The lowest BCUT2D eigenvalue weighted by atomic mass is 9.78. The van der Waals surface area contributed by atoms with E-state index in [1.54, 1.807) is 13.0 Å². The van der Waals surface area contributed by atoms with E-state index in [1.165, 1.54) is 38.3 Å². The van der Waals surface area contributed by atoms with Crippen LogP contribution < -0.4 is 5.32 Å². The molecule has 10 N–H and O–H groups in total. The normalized spacial score (nSPS) is 40.5. The van der Waals surface area contributed by atoms with Gasteiger partial charge in [0.15, 0.2) is 18.7 Å². The second-order valence-corrected chi connectivity index (χ2v) is 16.2. The van der Waals surface area contributed by atoms with Gasteiger partial charge < -0.3 is 93.9 Å². The summed E-state index contributed by atoms with van der Waals surface area (Å²) in [6.45, 7) is 2.19. The number of aliphatic hydroxyl groups excluding tert-OH is 9. The number of rotatable bonds is 15. The van der Waals surface area contributed by atoms with E-state index < -0.39 is 165 Å². The van der Waals surface area contributed by atoms with Crippen LogP contribution in [0.25, 0.3) is 0 Å². The van der Waals surface area contributed by atoms with E-state index in [-0.39, 0.29) is 18.4 Å². The van der Waals surface area contributed by atoms with Gasteiger partial charge in [-0.05, 0) is 37.8 Å². The highest BCUT2D eigenvalue weighted by Gasteiger charge is 2.61. The van der Waals surface area contributed by atoms with E-state index in [1.807, 2.05) is 0 Å². The summed E-state index contributed by atoms with van der Waals surface area (Å²) < 4.78 is 52.7. The molecular weight excluding hydrogens is 846 g/mol. The van der Waals surface area contributed by atoms with Gasteiger partial charge in [0.05, 0.1) is 69.4 Å². The number of ether oxygens (including phenoxy) is 9. The lowest BCUT2D eigenvalue weighted by molar-refractivity contribution is -0.379. The molecule has 4 aliphatic rings. The summed E-state index contributed by atoms with van der Waals surface area (Å²) in [6.07, 6.45) is -28.3. The molecule has 5 rings (SSSR count). The molecule has 0 aromatic heterocycles. The molecule has 3 aliphatic heterocycles. The Kier molecular flexibility index (Phi) is 17.4. The lowest BCUT2D eigenvalue weighted by Gasteiger charge is -2.51. The molecule has 23 heteroatoms. The van der Waals surface area contributed by atoms with Crippen molar-refractivity contribution in [2.45, 2.75) is 150 Å². The molecule has 1 aromatic rings. The molecule has 63 heavy (non-hydrogen) atoms. The van der Waals surface area contributed by atoms with E-state index in [0.717, 1.165) is 14.0 Å². The first-order valence-corrected chi connectivity index (χ1v) is 20.5. The predicted octanol–water partition coefficient (Wildman–Crippen LogP) is -4.27. The second kappa shape index (κ2) is 21.7. The topological polar surface area (TPSA) is 345 Å². The van der Waals surface area contributed by atoms with Gasteiger partial charge in [-0.2, -0.15) is 0 Å². The molecule has 356 valence electrons. The molecule has 3 heterocycles. The quantitative estimate of drug-likeness (QED) is 0.0588. The first-order valence-electron chi connectivity index (χ1n) is 20.5. The van der Waals surface area contributed by atoms with E-state index in [9.17, 15) is 65.1 Å². The minimum absolute atomic E-state index is 0.0309. The largest absolute Gasteiger partial charge is 0.469 e. The fourth-order valence-corrected chi connectivity index (χ4v) is 8.42. The van der Waals surface area contributed by atoms with Crippen LogP contribution in [-0.4, -0.2) is 207 Å². The Morgan fingerprint density at radius 3 is 2.13 bits per heavy atom. The Balaban J connectivity index is 1.59. The number of benzene rings is 1. The van der Waals surface area contributed by atoms with Crippen LogP contribution in [-0.2, 0) is 57.0 Å². The van der Waals surface area contributed by atoms with E-state index >= 15 is 0 Å². The van der Waals surface area contributed by atoms with Crippen LogP contribution in [0.1, 0.15) is 50.4 Å². The Hall–Kier alpha value is -3.50. The number of hydrogen-bond donors (Lipinski definition) is 10. The number of carbonyl (C=O) groups is 4. The average molecular weight is 906 g/mol. The van der Waals surface area contributed by atoms with Crippen LogP contribution in [0.15, 0.2) is 30.3 Å². The van der Waals surface area contributed by atoms with Crippen LogP contribution in [0.3, 0.4) is 0 Å². The monoisotopic (exact) mass is 905 g/mol. The van der Waals surface area contributed by atoms with E-state index in [2.05, 4.69) is 5.32 Å². The number of nitrogens with one attached hydrogen (secondary N) is 1. The summed E-state index contributed by atoms with van der Waals surface area (Å²) in [4.78, 5) is 52.9. The smallest absolute Gasteiger partial charge is 0.366 e. The maximum atomic E-state index is 13.9. The average Bonchev–Trinajstić information content (AvgIpc) is 3.27. The molecule has 1 amide bonds. The predicted molar refractivity (Wildman–Crippen MR) is 205 cm³/mol. The molecule has 18 unspecified atom stereocenters. The van der Waals surface area contributed by atoms with Gasteiger partial charge in [-0.15, -0.1) is 0 Å². The lowest BCUT2D eigenvalue weighted by Crippen LogP contribution is -2.71. The summed E-state index contributed by atoms with van der Waals surface area (Å²) >= 11 is 0. The van der Waals surface area contributed by atoms with Crippen molar-refractivity contribution in [1.82, 2.24) is 5.32 Å². The molecule has 1 aliphatic carbocycles. The third-order valence-electron chi connectivity index (χ3n) is 11.8. The van der Waals surface area contributed by atoms with Crippen LogP contribution in [0.4, 0.5) is 0 Å². The van der Waals surface area contributed by atoms with Gasteiger partial charge in [-0.1, -0.05) is 25.1 Å². The molecule has 1 aromatic carbocycles. The highest BCUT2D eigenvalue weighted by atomic mass is 16.8. The summed E-state index contributed by atoms with van der Waals surface area (Å²) in [5.41, 5.74) is -0.0309. The maximum Gasteiger partial charge on any atom is 0.366 e. The van der Waals surface area contributed by atoms with Crippen molar-refractivity contribution in [2.75, 3.05) is 27.4 Å². The minimum Gasteiger partial charge on any atom is -0.469 e. The zero-order valence-electron chi connectivity index (χ0n) is 35.2. The third-order valence-corrected chi connectivity index (χ3v) is 11.8. The molecule has 0 radical (unpaired) electrons. The van der Waals surface area contributed by atoms with Crippen molar-refractivity contribution >= 4 is 23.8 Å². The number of hydrogen-bond acceptors (Lipinski definition) is 22. The van der Waals surface area contributed by atoms with Crippen LogP contribution in [0, 0.1) is 11.8 Å². The molecule has 0 spiro atoms. The standard InChI is InChI=1S/C40H59NO22/c1-16-11-20(35(52)55-4)12-23(31(16)61-37-30(51)29(50)26(47)17(2)57-37)58-38-34(60-36(53)19-9-7-6-8-10-19)33(28(49)24(15-43)59-38)63-40(39(54)56-5)13-21(45)25(41-18(3)44)32(62-40)27(48)22(46)14-42/h6-10,16-17,20-34,37-38,42-43,45-51H,11-15H2,1-5H3,(H,41,44)/t16?,17?,20?,21?,22-,23?,24?,25?,26?,27-,28?,29?,30?,31?,32?,33?,34?,37?,38?,40?/m1/s1. The Bertz CT molecular complexity index is 1690. The molecule has 0 bridgehead atoms. The SMILES string of the molecule is COC(=O)C1CC(C)C(OC2OC(C)C(O)C(O)C2O)C(OC2OC(CO)C(O)C(OC3(C(=O)OC)CC(O)C(NC(C)=O)C([C@H](O)[C@H](O)CO)O3)C2OC(=O)c2ccccc2)C1. The van der Waals surface area contributed by atoms with Crippen molar-refractivity contribution in [1.29, 1.82) is 0 Å². The Labute approximate surface area is 361 Å². The number of amides is 1. The van der Waals surface area contributed by atoms with Gasteiger partial charge in [-0.25, -0.2) is 9.59 Å². The van der Waals surface area contributed by atoms with Gasteiger partial charge in [0, 0.05) is 13.3 Å². The summed E-state index contributed by atoms with van der Waals surface area (Å²) in [5.74, 6) is -8.15. The van der Waals surface area contributed by atoms with Crippen LogP contribution >= 0.6 is 0 Å². The first kappa shape index (κ1) is 50.5. The van der Waals surface area contributed by atoms with Crippen molar-refractivity contribution in [3.63, 3.8) is 0 Å². The molecule has 4 fully saturated rings. The van der Waals surface area contributed by atoms with E-state index in [0.29, 0.717) is 0 Å². The summed E-state index contributed by atoms with van der Waals surface area (Å²) in [7, 11) is 2.08. The number of esters is 3. The summed E-state index contributed by atoms with van der Waals surface area (Å²) in [6, 6.07) is 5.88. The van der Waals surface area contributed by atoms with Gasteiger partial charge in [-0.3, -0.25) is 9.59 Å². The summed E-state index contributed by atoms with van der Waals surface area (Å²) in [5, 5.41) is 99.1. The highest BCUT2D eigenvalue weighted by molar-refractivity contribution is 5.89. The second-order valence-electron chi connectivity index (χ2n) is 16.2. The molecular formula is C40H59NO22. The van der Waals surface area contributed by atoms with Crippen molar-refractivity contribution in [3.05, 3.63) is 35.9 Å². The van der Waals surface area contributed by atoms with Crippen LogP contribution in [0.5, 0.6) is 0 Å². The van der Waals surface area contributed by atoms with E-state index in [4.69, 9.17) is 42.6 Å². The van der Waals surface area contributed by atoms with Crippen molar-refractivity contribution < 1.29 is 108 Å². The fraction of sp³-hybridized carbons (Fsp3) is 0.750. The van der Waals surface area contributed by atoms with Gasteiger partial charge in [0.2, 0.25) is 5.91 Å². The fourth-order valence-electron chi connectivity index (χ4n) is 8.42. The molecule has 20 atom stereocenters. The van der Waals surface area contributed by atoms with Gasteiger partial charge in [0.25, 0.3) is 5.79 Å². The van der Waals surface area contributed by atoms with Crippen molar-refractivity contribution in [3.8, 4) is 0 Å². The zero-order chi connectivity index (χ0) is 46.5. The van der Waals surface area contributed by atoms with Gasteiger partial charge in [0.1, 0.15) is 54.9 Å². The maximum absolute atomic E-state index is 13.9. The highest BCUT2D eigenvalue weighted by Crippen LogP contribution is 2.42. The Morgan fingerprint density at radius 2 is 1.52 bits per heavy atom. The minimum atomic E-state index is -2.88. The van der Waals surface area contributed by atoms with Crippen molar-refractivity contribution in [2.24, 2.45) is 11.8 Å². The zero-order valence-corrected chi connectivity index (χ0v) is 35.2. The third kappa shape index (κ3) is 11.1. The van der Waals surface area contributed by atoms with Gasteiger partial charge >= 0.3 is 17.9 Å². The molecule has 3 saturated heterocycles. The number of carbonyl (C=O) groups excluding carboxylic acids is 4. The Morgan fingerprint density at radius 1 is 0.841 bits per heavy atom.